The molecule has 3 nitrogen and oxygen atoms in total. The lowest BCUT2D eigenvalue weighted by Crippen LogP contribution is -2.29. The SMILES string of the molecule is CCCCC(C)CCCN(CCC(CC)CCCC)c1nc(-c2ccc(C(C)(C)C)cc2)cnc1C. The largest absolute Gasteiger partial charge is 0.355 e. The van der Waals surface area contributed by atoms with Crippen molar-refractivity contribution in [2.75, 3.05) is 18.0 Å². The molecule has 1 heterocycles. The quantitative estimate of drug-likeness (QED) is 0.233. The van der Waals surface area contributed by atoms with Gasteiger partial charge < -0.3 is 4.90 Å². The second kappa shape index (κ2) is 15.4. The van der Waals surface area contributed by atoms with Gasteiger partial charge >= 0.3 is 0 Å². The third-order valence-electron chi connectivity index (χ3n) is 7.80. The average molecular weight is 494 g/mol. The maximum Gasteiger partial charge on any atom is 0.150 e. The second-order valence-electron chi connectivity index (χ2n) is 12.1. The standard InChI is InChI=1S/C33H55N3/c1-9-12-15-26(4)16-14-23-36(24-22-28(11-3)17-13-10-2)32-27(5)34-25-31(35-32)29-18-20-30(21-19-29)33(6,7)8/h18-21,25-26,28H,9-17,22-24H2,1-8H3. The third kappa shape index (κ3) is 9.87. The number of aryl methyl sites for hydroxylation is 1. The van der Waals surface area contributed by atoms with E-state index in [1.165, 1.54) is 69.8 Å². The number of anilines is 1. The van der Waals surface area contributed by atoms with Crippen molar-refractivity contribution in [3.8, 4) is 11.3 Å². The fourth-order valence-electron chi connectivity index (χ4n) is 5.05. The summed E-state index contributed by atoms with van der Waals surface area (Å²) in [6, 6.07) is 8.90. The van der Waals surface area contributed by atoms with Gasteiger partial charge in [0.2, 0.25) is 0 Å². The molecule has 0 radical (unpaired) electrons. The molecule has 0 N–H and O–H groups in total. The molecule has 0 spiro atoms. The Kier molecular flexibility index (Phi) is 13.0. The maximum absolute atomic E-state index is 5.21. The van der Waals surface area contributed by atoms with Crippen LogP contribution in [-0.2, 0) is 5.41 Å². The Morgan fingerprint density at radius 3 is 2.08 bits per heavy atom. The summed E-state index contributed by atoms with van der Waals surface area (Å²) in [5.74, 6) is 2.69. The molecule has 202 valence electrons. The van der Waals surface area contributed by atoms with Crippen LogP contribution in [0, 0.1) is 18.8 Å². The number of benzene rings is 1. The lowest BCUT2D eigenvalue weighted by atomic mass is 9.86. The van der Waals surface area contributed by atoms with E-state index in [2.05, 4.69) is 84.6 Å². The van der Waals surface area contributed by atoms with Crippen LogP contribution in [0.2, 0.25) is 0 Å². The van der Waals surface area contributed by atoms with Gasteiger partial charge in [0.05, 0.1) is 17.6 Å². The molecular weight excluding hydrogens is 438 g/mol. The van der Waals surface area contributed by atoms with Crippen molar-refractivity contribution in [3.05, 3.63) is 41.7 Å². The molecule has 2 aromatic rings. The summed E-state index contributed by atoms with van der Waals surface area (Å²) in [6.45, 7) is 20.4. The number of nitrogens with zero attached hydrogens (tertiary/aromatic N) is 3. The minimum absolute atomic E-state index is 0.154. The van der Waals surface area contributed by atoms with Crippen molar-refractivity contribution in [1.29, 1.82) is 0 Å². The fourth-order valence-corrected chi connectivity index (χ4v) is 5.05. The Morgan fingerprint density at radius 1 is 0.833 bits per heavy atom. The lowest BCUT2D eigenvalue weighted by molar-refractivity contribution is 0.414. The van der Waals surface area contributed by atoms with Crippen molar-refractivity contribution in [3.63, 3.8) is 0 Å². The van der Waals surface area contributed by atoms with Gasteiger partial charge in [-0.1, -0.05) is 118 Å². The Hall–Kier alpha value is -1.90. The number of hydrogen-bond acceptors (Lipinski definition) is 3. The highest BCUT2D eigenvalue weighted by atomic mass is 15.2. The summed E-state index contributed by atoms with van der Waals surface area (Å²) in [5, 5.41) is 0. The highest BCUT2D eigenvalue weighted by Crippen LogP contribution is 2.28. The monoisotopic (exact) mass is 493 g/mol. The molecule has 0 aliphatic carbocycles. The van der Waals surface area contributed by atoms with Crippen LogP contribution < -0.4 is 4.90 Å². The highest BCUT2D eigenvalue weighted by Gasteiger charge is 2.18. The van der Waals surface area contributed by atoms with Crippen molar-refractivity contribution in [2.45, 2.75) is 125 Å². The van der Waals surface area contributed by atoms with E-state index in [-0.39, 0.29) is 5.41 Å². The molecule has 0 saturated heterocycles. The second-order valence-corrected chi connectivity index (χ2v) is 12.1. The minimum Gasteiger partial charge on any atom is -0.355 e. The maximum atomic E-state index is 5.21. The molecule has 0 amide bonds. The summed E-state index contributed by atoms with van der Waals surface area (Å²) in [6.07, 6.45) is 15.0. The van der Waals surface area contributed by atoms with Gasteiger partial charge in [0.15, 0.2) is 5.82 Å². The topological polar surface area (TPSA) is 29.0 Å². The summed E-state index contributed by atoms with van der Waals surface area (Å²) < 4.78 is 0. The van der Waals surface area contributed by atoms with Crippen molar-refractivity contribution >= 4 is 5.82 Å². The van der Waals surface area contributed by atoms with E-state index in [0.29, 0.717) is 0 Å². The first kappa shape index (κ1) is 30.3. The van der Waals surface area contributed by atoms with E-state index in [1.807, 2.05) is 6.20 Å². The molecule has 0 aliphatic rings. The van der Waals surface area contributed by atoms with Crippen molar-refractivity contribution in [1.82, 2.24) is 9.97 Å². The van der Waals surface area contributed by atoms with Crippen molar-refractivity contribution in [2.24, 2.45) is 11.8 Å². The van der Waals surface area contributed by atoms with Gasteiger partial charge in [-0.05, 0) is 49.0 Å². The Morgan fingerprint density at radius 2 is 1.47 bits per heavy atom. The van der Waals surface area contributed by atoms with Crippen LogP contribution >= 0.6 is 0 Å². The average Bonchev–Trinajstić information content (AvgIpc) is 2.86. The van der Waals surface area contributed by atoms with Crippen LogP contribution in [0.25, 0.3) is 11.3 Å². The molecule has 2 rings (SSSR count). The van der Waals surface area contributed by atoms with E-state index >= 15 is 0 Å². The summed E-state index contributed by atoms with van der Waals surface area (Å²) in [7, 11) is 0. The van der Waals surface area contributed by atoms with Crippen LogP contribution in [0.3, 0.4) is 0 Å². The fraction of sp³-hybridized carbons (Fsp3) is 0.697. The first-order valence-corrected chi connectivity index (χ1v) is 14.9. The predicted molar refractivity (Wildman–Crippen MR) is 159 cm³/mol. The number of aromatic nitrogens is 2. The lowest BCUT2D eigenvalue weighted by Gasteiger charge is -2.28. The van der Waals surface area contributed by atoms with E-state index < -0.39 is 0 Å². The first-order chi connectivity index (χ1) is 17.2. The Bertz CT molecular complexity index is 865. The van der Waals surface area contributed by atoms with Crippen molar-refractivity contribution < 1.29 is 0 Å². The van der Waals surface area contributed by atoms with Crippen LogP contribution in [0.4, 0.5) is 5.82 Å². The molecule has 3 heteroatoms. The van der Waals surface area contributed by atoms with Gasteiger partial charge in [-0.25, -0.2) is 4.98 Å². The molecule has 0 saturated carbocycles. The molecule has 2 atom stereocenters. The smallest absolute Gasteiger partial charge is 0.150 e. The van der Waals surface area contributed by atoms with Crippen LogP contribution in [0.15, 0.2) is 30.5 Å². The van der Waals surface area contributed by atoms with Crippen LogP contribution in [-0.4, -0.2) is 23.1 Å². The molecular formula is C33H55N3. The Labute approximate surface area is 223 Å². The number of rotatable bonds is 16. The summed E-state index contributed by atoms with van der Waals surface area (Å²) in [4.78, 5) is 12.6. The zero-order valence-electron chi connectivity index (χ0n) is 24.9. The van der Waals surface area contributed by atoms with Crippen LogP contribution in [0.1, 0.15) is 124 Å². The van der Waals surface area contributed by atoms with E-state index in [4.69, 9.17) is 9.97 Å². The molecule has 0 bridgehead atoms. The van der Waals surface area contributed by atoms with Gasteiger partial charge in [-0.2, -0.15) is 0 Å². The summed E-state index contributed by atoms with van der Waals surface area (Å²) in [5.41, 5.74) is 4.69. The van der Waals surface area contributed by atoms with Gasteiger partial charge in [0, 0.05) is 18.7 Å². The molecule has 0 fully saturated rings. The zero-order chi connectivity index (χ0) is 26.6. The van der Waals surface area contributed by atoms with Crippen LogP contribution in [0.5, 0.6) is 0 Å². The highest BCUT2D eigenvalue weighted by molar-refractivity contribution is 5.62. The summed E-state index contributed by atoms with van der Waals surface area (Å²) >= 11 is 0. The van der Waals surface area contributed by atoms with Gasteiger partial charge in [-0.15, -0.1) is 0 Å². The zero-order valence-corrected chi connectivity index (χ0v) is 24.9. The molecule has 0 aliphatic heterocycles. The molecule has 1 aromatic carbocycles. The molecule has 1 aromatic heterocycles. The van der Waals surface area contributed by atoms with E-state index in [0.717, 1.165) is 47.7 Å². The normalized spacial score (nSPS) is 13.6. The molecule has 2 unspecified atom stereocenters. The Balaban J connectivity index is 2.23. The van der Waals surface area contributed by atoms with Gasteiger partial charge in [0.1, 0.15) is 0 Å². The minimum atomic E-state index is 0.154. The third-order valence-corrected chi connectivity index (χ3v) is 7.80. The predicted octanol–water partition coefficient (Wildman–Crippen LogP) is 9.77. The molecule has 36 heavy (non-hydrogen) atoms. The number of unbranched alkanes of at least 4 members (excludes halogenated alkanes) is 2. The van der Waals surface area contributed by atoms with Gasteiger partial charge in [0.25, 0.3) is 0 Å². The van der Waals surface area contributed by atoms with Gasteiger partial charge in [-0.3, -0.25) is 4.98 Å². The van der Waals surface area contributed by atoms with E-state index in [1.54, 1.807) is 0 Å². The first-order valence-electron chi connectivity index (χ1n) is 14.9. The number of hydrogen-bond donors (Lipinski definition) is 0. The van der Waals surface area contributed by atoms with E-state index in [9.17, 15) is 0 Å².